The van der Waals surface area contributed by atoms with Crippen molar-refractivity contribution in [1.82, 2.24) is 0 Å². The van der Waals surface area contributed by atoms with Crippen LogP contribution in [-0.2, 0) is 0 Å². The average molecular weight is 320 g/mol. The molecule has 0 saturated heterocycles. The summed E-state index contributed by atoms with van der Waals surface area (Å²) in [5.41, 5.74) is 4.90. The molecule has 2 N–H and O–H groups in total. The van der Waals surface area contributed by atoms with Gasteiger partial charge in [0.2, 0.25) is 0 Å². The molecule has 112 valence electrons. The Morgan fingerprint density at radius 3 is 2.30 bits per heavy atom. The van der Waals surface area contributed by atoms with Crippen LogP contribution in [0.4, 0.5) is 22.7 Å². The predicted octanol–water partition coefficient (Wildman–Crippen LogP) is 5.59. The first-order valence-electron chi connectivity index (χ1n) is 7.36. The van der Waals surface area contributed by atoms with Gasteiger partial charge in [0.25, 0.3) is 0 Å². The maximum absolute atomic E-state index is 5.96. The molecule has 23 heavy (non-hydrogen) atoms. The van der Waals surface area contributed by atoms with E-state index in [9.17, 15) is 0 Å². The largest absolute Gasteiger partial charge is 0.353 e. The number of nitrogens with one attached hydrogen (secondary N) is 2. The van der Waals surface area contributed by atoms with Crippen molar-refractivity contribution in [3.05, 3.63) is 83.4 Å². The summed E-state index contributed by atoms with van der Waals surface area (Å²) in [5.74, 6) is 0.806. The number of anilines is 3. The minimum atomic E-state index is 0.714. The Morgan fingerprint density at radius 2 is 1.48 bits per heavy atom. The molecule has 0 bridgehead atoms. The molecule has 0 saturated carbocycles. The molecule has 1 heterocycles. The van der Waals surface area contributed by atoms with Crippen LogP contribution in [0.15, 0.2) is 77.8 Å². The molecule has 1 aliphatic rings. The number of para-hydroxylation sites is 3. The van der Waals surface area contributed by atoms with Gasteiger partial charge in [-0.05, 0) is 48.5 Å². The minimum Gasteiger partial charge on any atom is -0.353 e. The summed E-state index contributed by atoms with van der Waals surface area (Å²) in [6, 6.07) is 23.7. The first-order valence-corrected chi connectivity index (χ1v) is 7.74. The number of nitrogens with zero attached hydrogens (tertiary/aromatic N) is 1. The van der Waals surface area contributed by atoms with E-state index >= 15 is 0 Å². The van der Waals surface area contributed by atoms with Crippen molar-refractivity contribution in [3.63, 3.8) is 0 Å². The van der Waals surface area contributed by atoms with E-state index in [-0.39, 0.29) is 0 Å². The molecule has 0 fully saturated rings. The number of fused-ring (bicyclic) bond motifs is 2. The lowest BCUT2D eigenvalue weighted by Crippen LogP contribution is -2.13. The molecule has 0 aromatic heterocycles. The van der Waals surface area contributed by atoms with Gasteiger partial charge in [-0.2, -0.15) is 0 Å². The van der Waals surface area contributed by atoms with Crippen LogP contribution in [0.2, 0.25) is 5.02 Å². The molecular weight excluding hydrogens is 306 g/mol. The Morgan fingerprint density at radius 1 is 0.783 bits per heavy atom. The molecule has 4 rings (SSSR count). The maximum atomic E-state index is 5.96. The second-order valence-electron chi connectivity index (χ2n) is 5.28. The van der Waals surface area contributed by atoms with Gasteiger partial charge >= 0.3 is 0 Å². The van der Waals surface area contributed by atoms with Crippen LogP contribution in [0, 0.1) is 0 Å². The molecule has 0 unspecified atom stereocenters. The second kappa shape index (κ2) is 5.78. The Balaban J connectivity index is 1.82. The first-order chi connectivity index (χ1) is 11.3. The molecule has 3 aromatic carbocycles. The van der Waals surface area contributed by atoms with Crippen LogP contribution in [0.1, 0.15) is 5.56 Å². The Kier molecular flexibility index (Phi) is 3.48. The fourth-order valence-corrected chi connectivity index (χ4v) is 2.69. The minimum absolute atomic E-state index is 0.714. The molecule has 0 spiro atoms. The zero-order valence-corrected chi connectivity index (χ0v) is 13.0. The Labute approximate surface area is 139 Å². The van der Waals surface area contributed by atoms with E-state index in [1.807, 2.05) is 60.7 Å². The van der Waals surface area contributed by atoms with E-state index in [0.717, 1.165) is 34.1 Å². The van der Waals surface area contributed by atoms with Crippen molar-refractivity contribution in [3.8, 4) is 0 Å². The number of hydrogen-bond acceptors (Lipinski definition) is 3. The lowest BCUT2D eigenvalue weighted by atomic mass is 10.1. The van der Waals surface area contributed by atoms with Crippen molar-refractivity contribution >= 4 is 40.2 Å². The van der Waals surface area contributed by atoms with Gasteiger partial charge in [-0.3, -0.25) is 0 Å². The summed E-state index contributed by atoms with van der Waals surface area (Å²) in [4.78, 5) is 4.81. The number of aliphatic imine (C=N–C) groups is 1. The Hall–Kier alpha value is -2.78. The Bertz CT molecular complexity index is 885. The number of benzene rings is 3. The van der Waals surface area contributed by atoms with Gasteiger partial charge in [-0.15, -0.1) is 0 Å². The van der Waals surface area contributed by atoms with Gasteiger partial charge in [-0.25, -0.2) is 4.99 Å². The fraction of sp³-hybridized carbons (Fsp3) is 0. The highest BCUT2D eigenvalue weighted by Gasteiger charge is 2.15. The van der Waals surface area contributed by atoms with E-state index in [4.69, 9.17) is 16.6 Å². The van der Waals surface area contributed by atoms with Crippen LogP contribution >= 0.6 is 11.6 Å². The first kappa shape index (κ1) is 13.9. The van der Waals surface area contributed by atoms with Gasteiger partial charge in [0.1, 0.15) is 5.84 Å². The third-order valence-electron chi connectivity index (χ3n) is 3.69. The van der Waals surface area contributed by atoms with Gasteiger partial charge in [0, 0.05) is 22.0 Å². The van der Waals surface area contributed by atoms with Crippen LogP contribution in [0.25, 0.3) is 0 Å². The SMILES string of the molecule is Clc1ccc(NC2=Nc3ccccc3Nc3ccccc32)cc1. The third-order valence-corrected chi connectivity index (χ3v) is 3.95. The van der Waals surface area contributed by atoms with Gasteiger partial charge < -0.3 is 10.6 Å². The van der Waals surface area contributed by atoms with Gasteiger partial charge in [0.15, 0.2) is 0 Å². The lowest BCUT2D eigenvalue weighted by molar-refractivity contribution is 1.49. The average Bonchev–Trinajstić information content (AvgIpc) is 2.73. The zero-order valence-electron chi connectivity index (χ0n) is 12.3. The van der Waals surface area contributed by atoms with Crippen molar-refractivity contribution < 1.29 is 0 Å². The molecule has 0 atom stereocenters. The zero-order chi connectivity index (χ0) is 15.6. The number of amidine groups is 1. The summed E-state index contributed by atoms with van der Waals surface area (Å²) in [5, 5.41) is 7.56. The molecule has 4 heteroatoms. The number of rotatable bonds is 1. The smallest absolute Gasteiger partial charge is 0.140 e. The van der Waals surface area contributed by atoms with Crippen molar-refractivity contribution in [1.29, 1.82) is 0 Å². The molecule has 0 amide bonds. The normalized spacial score (nSPS) is 12.3. The highest BCUT2D eigenvalue weighted by molar-refractivity contribution is 6.30. The molecule has 1 aliphatic heterocycles. The van der Waals surface area contributed by atoms with Crippen LogP contribution in [-0.4, -0.2) is 5.84 Å². The topological polar surface area (TPSA) is 36.4 Å². The summed E-state index contributed by atoms with van der Waals surface area (Å²) < 4.78 is 0. The molecule has 0 radical (unpaired) electrons. The number of halogens is 1. The van der Waals surface area contributed by atoms with Crippen LogP contribution in [0.3, 0.4) is 0 Å². The highest BCUT2D eigenvalue weighted by atomic mass is 35.5. The van der Waals surface area contributed by atoms with E-state index in [2.05, 4.69) is 22.8 Å². The van der Waals surface area contributed by atoms with E-state index in [1.54, 1.807) is 0 Å². The highest BCUT2D eigenvalue weighted by Crippen LogP contribution is 2.34. The van der Waals surface area contributed by atoms with Gasteiger partial charge in [0.05, 0.1) is 11.4 Å². The third kappa shape index (κ3) is 2.79. The summed E-state index contributed by atoms with van der Waals surface area (Å²) in [6.07, 6.45) is 0. The van der Waals surface area contributed by atoms with E-state index in [0.29, 0.717) is 5.02 Å². The quantitative estimate of drug-likeness (QED) is 0.613. The van der Waals surface area contributed by atoms with Gasteiger partial charge in [-0.1, -0.05) is 35.9 Å². The van der Waals surface area contributed by atoms with Crippen molar-refractivity contribution in [2.45, 2.75) is 0 Å². The van der Waals surface area contributed by atoms with E-state index in [1.165, 1.54) is 0 Å². The fourth-order valence-electron chi connectivity index (χ4n) is 2.57. The molecule has 3 nitrogen and oxygen atoms in total. The standard InChI is InChI=1S/C19H14ClN3/c20-13-9-11-14(12-10-13)21-19-15-5-1-2-6-16(15)22-17-7-3-4-8-18(17)23-19/h1-12,22H,(H,21,23). The lowest BCUT2D eigenvalue weighted by Gasteiger charge is -2.12. The van der Waals surface area contributed by atoms with Crippen molar-refractivity contribution in [2.24, 2.45) is 4.99 Å². The predicted molar refractivity (Wildman–Crippen MR) is 97.4 cm³/mol. The van der Waals surface area contributed by atoms with E-state index < -0.39 is 0 Å². The molecule has 0 aliphatic carbocycles. The monoisotopic (exact) mass is 319 g/mol. The summed E-state index contributed by atoms with van der Waals surface area (Å²) >= 11 is 5.96. The number of hydrogen-bond donors (Lipinski definition) is 2. The summed E-state index contributed by atoms with van der Waals surface area (Å²) in [6.45, 7) is 0. The second-order valence-corrected chi connectivity index (χ2v) is 5.72. The maximum Gasteiger partial charge on any atom is 0.140 e. The summed E-state index contributed by atoms with van der Waals surface area (Å²) in [7, 11) is 0. The molecule has 3 aromatic rings. The van der Waals surface area contributed by atoms with Crippen LogP contribution in [0.5, 0.6) is 0 Å². The van der Waals surface area contributed by atoms with Crippen molar-refractivity contribution in [2.75, 3.05) is 10.6 Å². The molecular formula is C19H14ClN3. The van der Waals surface area contributed by atoms with Crippen LogP contribution < -0.4 is 10.6 Å².